The van der Waals surface area contributed by atoms with Crippen LogP contribution in [-0.4, -0.2) is 48.1 Å². The van der Waals surface area contributed by atoms with Crippen LogP contribution in [0.25, 0.3) is 0 Å². The molecular weight excluding hydrogens is 250 g/mol. The van der Waals surface area contributed by atoms with Gasteiger partial charge in [-0.2, -0.15) is 0 Å². The Balaban J connectivity index is 2.02. The molecule has 4 heteroatoms. The van der Waals surface area contributed by atoms with Crippen LogP contribution in [0, 0.1) is 6.92 Å². The monoisotopic (exact) mass is 279 g/mol. The molecule has 3 atom stereocenters. The predicted molar refractivity (Wildman–Crippen MR) is 82.7 cm³/mol. The van der Waals surface area contributed by atoms with Gasteiger partial charge < -0.3 is 10.2 Å². The van der Waals surface area contributed by atoms with E-state index in [0.29, 0.717) is 6.04 Å². The Labute approximate surface area is 122 Å². The van der Waals surface area contributed by atoms with Crippen LogP contribution in [0.2, 0.25) is 0 Å². The third-order valence-electron chi connectivity index (χ3n) is 4.51. The minimum Gasteiger partial charge on any atom is -0.465 e. The Morgan fingerprint density at radius 2 is 1.75 bits per heavy atom. The van der Waals surface area contributed by atoms with Crippen molar-refractivity contribution in [1.29, 1.82) is 0 Å². The van der Waals surface area contributed by atoms with Crippen molar-refractivity contribution >= 4 is 0 Å². The quantitative estimate of drug-likeness (QED) is 0.899. The summed E-state index contributed by atoms with van der Waals surface area (Å²) in [5, 5.41) is 0. The maximum absolute atomic E-state index is 6.21. The van der Waals surface area contributed by atoms with E-state index in [-0.39, 0.29) is 12.1 Å². The highest BCUT2D eigenvalue weighted by atomic mass is 16.3. The predicted octanol–water partition coefficient (Wildman–Crippen LogP) is 2.39. The van der Waals surface area contributed by atoms with Gasteiger partial charge in [0.15, 0.2) is 0 Å². The van der Waals surface area contributed by atoms with Gasteiger partial charge in [0.2, 0.25) is 0 Å². The highest BCUT2D eigenvalue weighted by Crippen LogP contribution is 2.26. The Kier molecular flexibility index (Phi) is 5.24. The molecule has 1 aliphatic rings. The van der Waals surface area contributed by atoms with E-state index < -0.39 is 0 Å². The Morgan fingerprint density at radius 1 is 1.15 bits per heavy atom. The number of rotatable bonds is 5. The second-order valence-corrected chi connectivity index (χ2v) is 6.08. The fourth-order valence-electron chi connectivity index (χ4n) is 3.10. The number of hydrogen-bond acceptors (Lipinski definition) is 4. The molecule has 2 N–H and O–H groups in total. The number of nitrogens with two attached hydrogens (primary N) is 1. The number of aryl methyl sites for hydroxylation is 1. The normalized spacial score (nSPS) is 22.6. The van der Waals surface area contributed by atoms with Crippen LogP contribution < -0.4 is 5.73 Å². The third kappa shape index (κ3) is 3.43. The molecule has 1 aromatic heterocycles. The van der Waals surface area contributed by atoms with E-state index in [1.54, 1.807) is 0 Å². The first kappa shape index (κ1) is 15.5. The van der Waals surface area contributed by atoms with Crippen LogP contribution in [0.4, 0.5) is 0 Å². The lowest BCUT2D eigenvalue weighted by Gasteiger charge is -2.41. The molecule has 0 bridgehead atoms. The molecule has 0 radical (unpaired) electrons. The van der Waals surface area contributed by atoms with E-state index in [2.05, 4.69) is 36.6 Å². The van der Waals surface area contributed by atoms with Gasteiger partial charge in [0, 0.05) is 38.3 Å². The highest BCUT2D eigenvalue weighted by Gasteiger charge is 2.30. The fraction of sp³-hybridized carbons (Fsp3) is 0.750. The molecule has 114 valence electrons. The molecule has 3 unspecified atom stereocenters. The lowest BCUT2D eigenvalue weighted by molar-refractivity contribution is 0.0575. The SMILES string of the molecule is CCC(C)N1CCN(C(c2ccc(C)o2)C(C)N)CC1. The first-order valence-electron chi connectivity index (χ1n) is 7.83. The fourth-order valence-corrected chi connectivity index (χ4v) is 3.10. The molecule has 0 aromatic carbocycles. The van der Waals surface area contributed by atoms with Crippen molar-refractivity contribution < 1.29 is 4.42 Å². The summed E-state index contributed by atoms with van der Waals surface area (Å²) in [6.45, 7) is 13.0. The van der Waals surface area contributed by atoms with Crippen molar-refractivity contribution in [3.8, 4) is 0 Å². The van der Waals surface area contributed by atoms with Crippen LogP contribution >= 0.6 is 0 Å². The Bertz CT molecular complexity index is 408. The van der Waals surface area contributed by atoms with Gasteiger partial charge in [-0.1, -0.05) is 6.92 Å². The van der Waals surface area contributed by atoms with E-state index >= 15 is 0 Å². The summed E-state index contributed by atoms with van der Waals surface area (Å²) in [5.74, 6) is 1.97. The molecule has 2 heterocycles. The van der Waals surface area contributed by atoms with Crippen LogP contribution in [0.1, 0.15) is 44.8 Å². The number of furan rings is 1. The van der Waals surface area contributed by atoms with Crippen molar-refractivity contribution in [3.63, 3.8) is 0 Å². The van der Waals surface area contributed by atoms with Gasteiger partial charge in [-0.15, -0.1) is 0 Å². The summed E-state index contributed by atoms with van der Waals surface area (Å²) < 4.78 is 5.82. The second-order valence-electron chi connectivity index (χ2n) is 6.08. The van der Waals surface area contributed by atoms with Crippen molar-refractivity contribution in [1.82, 2.24) is 9.80 Å². The Morgan fingerprint density at radius 3 is 2.20 bits per heavy atom. The van der Waals surface area contributed by atoms with E-state index in [1.807, 2.05) is 13.0 Å². The maximum Gasteiger partial charge on any atom is 0.122 e. The molecular formula is C16H29N3O. The van der Waals surface area contributed by atoms with Crippen LogP contribution in [-0.2, 0) is 0 Å². The lowest BCUT2D eigenvalue weighted by atomic mass is 10.0. The number of nitrogens with zero attached hydrogens (tertiary/aromatic N) is 2. The zero-order valence-corrected chi connectivity index (χ0v) is 13.3. The van der Waals surface area contributed by atoms with Gasteiger partial charge in [-0.3, -0.25) is 9.80 Å². The average molecular weight is 279 g/mol. The maximum atomic E-state index is 6.21. The molecule has 1 saturated heterocycles. The molecule has 20 heavy (non-hydrogen) atoms. The van der Waals surface area contributed by atoms with Crippen molar-refractivity contribution in [2.75, 3.05) is 26.2 Å². The standard InChI is InChI=1S/C16H29N3O/c1-5-12(2)18-8-10-19(11-9-18)16(14(4)17)15-7-6-13(3)20-15/h6-7,12,14,16H,5,8-11,17H2,1-4H3. The average Bonchev–Trinajstić information content (AvgIpc) is 2.85. The van der Waals surface area contributed by atoms with Gasteiger partial charge >= 0.3 is 0 Å². The summed E-state index contributed by atoms with van der Waals surface area (Å²) in [4.78, 5) is 5.05. The molecule has 4 nitrogen and oxygen atoms in total. The van der Waals surface area contributed by atoms with Gasteiger partial charge in [0.05, 0.1) is 6.04 Å². The summed E-state index contributed by atoms with van der Waals surface area (Å²) in [6, 6.07) is 5.06. The molecule has 2 rings (SSSR count). The molecule has 1 aliphatic heterocycles. The van der Waals surface area contributed by atoms with E-state index in [0.717, 1.165) is 37.7 Å². The van der Waals surface area contributed by atoms with Crippen molar-refractivity contribution in [2.24, 2.45) is 5.73 Å². The molecule has 0 amide bonds. The summed E-state index contributed by atoms with van der Waals surface area (Å²) in [5.41, 5.74) is 6.21. The summed E-state index contributed by atoms with van der Waals surface area (Å²) >= 11 is 0. The molecule has 0 saturated carbocycles. The van der Waals surface area contributed by atoms with E-state index in [1.165, 1.54) is 6.42 Å². The highest BCUT2D eigenvalue weighted by molar-refractivity contribution is 5.12. The third-order valence-corrected chi connectivity index (χ3v) is 4.51. The van der Waals surface area contributed by atoms with Crippen LogP contribution in [0.5, 0.6) is 0 Å². The van der Waals surface area contributed by atoms with Gasteiger partial charge in [0.1, 0.15) is 11.5 Å². The van der Waals surface area contributed by atoms with Crippen LogP contribution in [0.3, 0.4) is 0 Å². The zero-order chi connectivity index (χ0) is 14.7. The molecule has 1 aromatic rings. The molecule has 1 fully saturated rings. The van der Waals surface area contributed by atoms with Gasteiger partial charge in [-0.25, -0.2) is 0 Å². The first-order chi connectivity index (χ1) is 9.52. The zero-order valence-electron chi connectivity index (χ0n) is 13.3. The molecule has 0 aliphatic carbocycles. The van der Waals surface area contributed by atoms with Crippen molar-refractivity contribution in [3.05, 3.63) is 23.7 Å². The van der Waals surface area contributed by atoms with E-state index in [9.17, 15) is 0 Å². The van der Waals surface area contributed by atoms with Crippen molar-refractivity contribution in [2.45, 2.75) is 52.2 Å². The van der Waals surface area contributed by atoms with Gasteiger partial charge in [-0.05, 0) is 39.3 Å². The summed E-state index contributed by atoms with van der Waals surface area (Å²) in [7, 11) is 0. The van der Waals surface area contributed by atoms with Gasteiger partial charge in [0.25, 0.3) is 0 Å². The smallest absolute Gasteiger partial charge is 0.122 e. The topological polar surface area (TPSA) is 45.6 Å². The Hall–Kier alpha value is -0.840. The lowest BCUT2D eigenvalue weighted by Crippen LogP contribution is -2.52. The van der Waals surface area contributed by atoms with E-state index in [4.69, 9.17) is 10.2 Å². The largest absolute Gasteiger partial charge is 0.465 e. The number of hydrogen-bond donors (Lipinski definition) is 1. The minimum atomic E-state index is 0.0794. The first-order valence-corrected chi connectivity index (χ1v) is 7.83. The number of piperazine rings is 1. The summed E-state index contributed by atoms with van der Waals surface area (Å²) in [6.07, 6.45) is 1.22. The minimum absolute atomic E-state index is 0.0794. The molecule has 0 spiro atoms. The van der Waals surface area contributed by atoms with Crippen LogP contribution in [0.15, 0.2) is 16.5 Å². The second kappa shape index (κ2) is 6.74.